The van der Waals surface area contributed by atoms with Crippen molar-refractivity contribution in [3.8, 4) is 0 Å². The fourth-order valence-corrected chi connectivity index (χ4v) is 3.71. The molecule has 1 aliphatic rings. The summed E-state index contributed by atoms with van der Waals surface area (Å²) in [5, 5.41) is 4.64. The molecule has 3 aromatic rings. The summed E-state index contributed by atoms with van der Waals surface area (Å²) in [7, 11) is 2.05. The van der Waals surface area contributed by atoms with E-state index in [0.717, 1.165) is 42.9 Å². The van der Waals surface area contributed by atoms with Crippen LogP contribution in [-0.2, 0) is 7.05 Å². The molecule has 4 heteroatoms. The maximum absolute atomic E-state index is 12.8. The molecule has 1 N–H and O–H groups in total. The molecule has 2 aromatic carbocycles. The second-order valence-corrected chi connectivity index (χ2v) is 7.11. The van der Waals surface area contributed by atoms with Crippen LogP contribution in [0.5, 0.6) is 0 Å². The molecule has 1 aliphatic heterocycles. The summed E-state index contributed by atoms with van der Waals surface area (Å²) >= 11 is 0. The lowest BCUT2D eigenvalue weighted by Gasteiger charge is -2.20. The number of fused-ring (bicyclic) bond motifs is 1. The van der Waals surface area contributed by atoms with Crippen molar-refractivity contribution in [3.05, 3.63) is 60.3 Å². The first-order valence-electron chi connectivity index (χ1n) is 9.42. The van der Waals surface area contributed by atoms with Crippen molar-refractivity contribution in [2.75, 3.05) is 18.4 Å². The highest BCUT2D eigenvalue weighted by Gasteiger charge is 2.17. The van der Waals surface area contributed by atoms with Crippen LogP contribution in [0.3, 0.4) is 0 Å². The number of hydrogen-bond acceptors (Lipinski definition) is 2. The van der Waals surface area contributed by atoms with E-state index in [1.165, 1.54) is 23.7 Å². The van der Waals surface area contributed by atoms with E-state index < -0.39 is 0 Å². The van der Waals surface area contributed by atoms with Gasteiger partial charge < -0.3 is 14.8 Å². The van der Waals surface area contributed by atoms with E-state index in [1.807, 2.05) is 36.2 Å². The second-order valence-electron chi connectivity index (χ2n) is 7.11. The third kappa shape index (κ3) is 3.45. The van der Waals surface area contributed by atoms with E-state index in [1.54, 1.807) is 0 Å². The molecule has 134 valence electrons. The van der Waals surface area contributed by atoms with Crippen molar-refractivity contribution in [2.45, 2.75) is 25.7 Å². The van der Waals surface area contributed by atoms with Crippen molar-refractivity contribution >= 4 is 28.2 Å². The van der Waals surface area contributed by atoms with Crippen LogP contribution in [-0.4, -0.2) is 28.5 Å². The van der Waals surface area contributed by atoms with Gasteiger partial charge in [-0.05, 0) is 55.3 Å². The van der Waals surface area contributed by atoms with E-state index in [0.29, 0.717) is 0 Å². The zero-order valence-electron chi connectivity index (χ0n) is 15.2. The Labute approximate surface area is 154 Å². The number of benzene rings is 2. The Morgan fingerprint density at radius 3 is 2.50 bits per heavy atom. The number of rotatable bonds is 3. The van der Waals surface area contributed by atoms with Gasteiger partial charge >= 0.3 is 0 Å². The Hall–Kier alpha value is -2.75. The van der Waals surface area contributed by atoms with Crippen LogP contribution in [0.2, 0.25) is 0 Å². The predicted molar refractivity (Wildman–Crippen MR) is 107 cm³/mol. The largest absolute Gasteiger partial charge is 0.355 e. The number of amides is 1. The maximum Gasteiger partial charge on any atom is 0.253 e. The predicted octanol–water partition coefficient (Wildman–Crippen LogP) is 4.94. The number of carbonyl (C=O) groups is 1. The fraction of sp³-hybridized carbons (Fsp3) is 0.318. The fourth-order valence-electron chi connectivity index (χ4n) is 3.71. The summed E-state index contributed by atoms with van der Waals surface area (Å²) in [4.78, 5) is 14.8. The molecule has 26 heavy (non-hydrogen) atoms. The summed E-state index contributed by atoms with van der Waals surface area (Å²) in [6.45, 7) is 1.75. The molecule has 0 atom stereocenters. The highest BCUT2D eigenvalue weighted by molar-refractivity contribution is 5.95. The molecule has 0 saturated carbocycles. The lowest BCUT2D eigenvalue weighted by molar-refractivity contribution is 0.0761. The number of aryl methyl sites for hydroxylation is 1. The van der Waals surface area contributed by atoms with Crippen molar-refractivity contribution in [2.24, 2.45) is 7.05 Å². The van der Waals surface area contributed by atoms with E-state index in [2.05, 4.69) is 40.3 Å². The third-order valence-electron chi connectivity index (χ3n) is 5.18. The zero-order chi connectivity index (χ0) is 17.9. The van der Waals surface area contributed by atoms with Crippen LogP contribution in [0, 0.1) is 0 Å². The highest BCUT2D eigenvalue weighted by atomic mass is 16.2. The van der Waals surface area contributed by atoms with Crippen molar-refractivity contribution in [1.82, 2.24) is 9.47 Å². The van der Waals surface area contributed by atoms with Gasteiger partial charge in [0.25, 0.3) is 5.91 Å². The number of carbonyl (C=O) groups excluding carboxylic acids is 1. The van der Waals surface area contributed by atoms with Gasteiger partial charge in [0.15, 0.2) is 0 Å². The van der Waals surface area contributed by atoms with Crippen LogP contribution >= 0.6 is 0 Å². The monoisotopic (exact) mass is 347 g/mol. The molecule has 0 aliphatic carbocycles. The van der Waals surface area contributed by atoms with Gasteiger partial charge in [-0.15, -0.1) is 0 Å². The van der Waals surface area contributed by atoms with Crippen LogP contribution in [0.4, 0.5) is 11.4 Å². The number of likely N-dealkylation sites (tertiary alicyclic amines) is 1. The molecule has 2 heterocycles. The first kappa shape index (κ1) is 16.7. The van der Waals surface area contributed by atoms with Crippen LogP contribution in [0.25, 0.3) is 10.9 Å². The summed E-state index contributed by atoms with van der Waals surface area (Å²) in [6, 6.07) is 16.3. The van der Waals surface area contributed by atoms with E-state index >= 15 is 0 Å². The number of nitrogens with zero attached hydrogens (tertiary/aromatic N) is 2. The number of hydrogen-bond donors (Lipinski definition) is 1. The molecule has 1 saturated heterocycles. The normalized spacial score (nSPS) is 15.0. The lowest BCUT2D eigenvalue weighted by atomic mass is 10.1. The molecule has 4 rings (SSSR count). The molecule has 0 bridgehead atoms. The summed E-state index contributed by atoms with van der Waals surface area (Å²) in [5.41, 5.74) is 3.95. The molecule has 1 aromatic heterocycles. The molecule has 0 unspecified atom stereocenters. The Morgan fingerprint density at radius 2 is 1.69 bits per heavy atom. The number of nitrogens with one attached hydrogen (secondary N) is 1. The third-order valence-corrected chi connectivity index (χ3v) is 5.18. The summed E-state index contributed by atoms with van der Waals surface area (Å²) < 4.78 is 2.11. The zero-order valence-corrected chi connectivity index (χ0v) is 15.2. The van der Waals surface area contributed by atoms with Gasteiger partial charge in [0, 0.05) is 54.2 Å². The smallest absolute Gasteiger partial charge is 0.253 e. The Balaban J connectivity index is 1.53. The lowest BCUT2D eigenvalue weighted by Crippen LogP contribution is -2.31. The highest BCUT2D eigenvalue weighted by Crippen LogP contribution is 2.24. The van der Waals surface area contributed by atoms with Gasteiger partial charge in [-0.2, -0.15) is 0 Å². The Kier molecular flexibility index (Phi) is 4.65. The Bertz CT molecular complexity index is 920. The summed E-state index contributed by atoms with van der Waals surface area (Å²) in [5.74, 6) is 0.147. The minimum absolute atomic E-state index is 0.147. The maximum atomic E-state index is 12.8. The first-order chi connectivity index (χ1) is 12.7. The topological polar surface area (TPSA) is 37.3 Å². The van der Waals surface area contributed by atoms with Gasteiger partial charge in [-0.25, -0.2) is 0 Å². The van der Waals surface area contributed by atoms with E-state index in [9.17, 15) is 4.79 Å². The molecule has 0 spiro atoms. The van der Waals surface area contributed by atoms with Gasteiger partial charge in [-0.3, -0.25) is 4.79 Å². The SMILES string of the molecule is Cn1ccc2cc(Nc3cccc(C(=O)N4CCCCCC4)c3)ccc21. The minimum Gasteiger partial charge on any atom is -0.355 e. The minimum atomic E-state index is 0.147. The molecular formula is C22H25N3O. The van der Waals surface area contributed by atoms with Crippen molar-refractivity contribution in [3.63, 3.8) is 0 Å². The molecular weight excluding hydrogens is 322 g/mol. The Morgan fingerprint density at radius 1 is 0.923 bits per heavy atom. The molecule has 0 radical (unpaired) electrons. The van der Waals surface area contributed by atoms with Crippen molar-refractivity contribution in [1.29, 1.82) is 0 Å². The standard InChI is InChI=1S/C22H25N3O/c1-24-14-11-17-15-20(9-10-21(17)24)23-19-8-6-7-18(16-19)22(26)25-12-4-2-3-5-13-25/h6-11,14-16,23H,2-5,12-13H2,1H3. The van der Waals surface area contributed by atoms with Crippen LogP contribution < -0.4 is 5.32 Å². The molecule has 1 fully saturated rings. The van der Waals surface area contributed by atoms with Gasteiger partial charge in [0.05, 0.1) is 0 Å². The number of aromatic nitrogens is 1. The van der Waals surface area contributed by atoms with E-state index in [-0.39, 0.29) is 5.91 Å². The van der Waals surface area contributed by atoms with Crippen LogP contribution in [0.15, 0.2) is 54.7 Å². The average molecular weight is 347 g/mol. The summed E-state index contributed by atoms with van der Waals surface area (Å²) in [6.07, 6.45) is 6.75. The first-order valence-corrected chi connectivity index (χ1v) is 9.42. The van der Waals surface area contributed by atoms with Gasteiger partial charge in [0.1, 0.15) is 0 Å². The van der Waals surface area contributed by atoms with Crippen molar-refractivity contribution < 1.29 is 4.79 Å². The van der Waals surface area contributed by atoms with E-state index in [4.69, 9.17) is 0 Å². The quantitative estimate of drug-likeness (QED) is 0.729. The van der Waals surface area contributed by atoms with Crippen LogP contribution in [0.1, 0.15) is 36.0 Å². The van der Waals surface area contributed by atoms with Gasteiger partial charge in [0.2, 0.25) is 0 Å². The molecule has 4 nitrogen and oxygen atoms in total. The average Bonchev–Trinajstić information content (AvgIpc) is 2.86. The second kappa shape index (κ2) is 7.24. The molecule has 1 amide bonds. The van der Waals surface area contributed by atoms with Gasteiger partial charge in [-0.1, -0.05) is 18.9 Å². The number of anilines is 2.